The highest BCUT2D eigenvalue weighted by Gasteiger charge is 2.03. The zero-order valence-electron chi connectivity index (χ0n) is 7.62. The monoisotopic (exact) mass is 191 g/mol. The zero-order chi connectivity index (χ0) is 9.97. The van der Waals surface area contributed by atoms with Crippen molar-refractivity contribution in [1.82, 2.24) is 19.6 Å². The first kappa shape index (κ1) is 8.61. The molecule has 0 unspecified atom stereocenters. The molecule has 0 atom stereocenters. The van der Waals surface area contributed by atoms with Gasteiger partial charge in [-0.05, 0) is 13.0 Å². The van der Waals surface area contributed by atoms with E-state index in [2.05, 4.69) is 20.2 Å². The number of aromatic nitrogens is 4. The molecule has 6 nitrogen and oxygen atoms in total. The fraction of sp³-hybridized carbons (Fsp3) is 0.250. The summed E-state index contributed by atoms with van der Waals surface area (Å²) in [6, 6.07) is 1.88. The van der Waals surface area contributed by atoms with Crippen molar-refractivity contribution >= 4 is 12.0 Å². The number of rotatable bonds is 2. The van der Waals surface area contributed by atoms with Gasteiger partial charge in [-0.2, -0.15) is 10.1 Å². The molecule has 2 aromatic rings. The smallest absolute Gasteiger partial charge is 0.252 e. The van der Waals surface area contributed by atoms with Crippen molar-refractivity contribution in [2.24, 2.45) is 5.16 Å². The Morgan fingerprint density at radius 1 is 1.64 bits per heavy atom. The van der Waals surface area contributed by atoms with Crippen molar-refractivity contribution in [3.8, 4) is 0 Å². The fourth-order valence-corrected chi connectivity index (χ4v) is 1.29. The van der Waals surface area contributed by atoms with E-state index < -0.39 is 0 Å². The van der Waals surface area contributed by atoms with Crippen LogP contribution in [0.3, 0.4) is 0 Å². The molecule has 6 heteroatoms. The number of aryl methyl sites for hydroxylation is 1. The molecule has 0 amide bonds. The Balaban J connectivity index is 2.55. The molecule has 2 rings (SSSR count). The summed E-state index contributed by atoms with van der Waals surface area (Å²) in [5.74, 6) is 0.561. The molecule has 0 saturated carbocycles. The molecule has 1 N–H and O–H groups in total. The van der Waals surface area contributed by atoms with Gasteiger partial charge in [0.15, 0.2) is 0 Å². The van der Waals surface area contributed by atoms with Crippen LogP contribution in [0.2, 0.25) is 0 Å². The highest BCUT2D eigenvalue weighted by Crippen LogP contribution is 2.04. The van der Waals surface area contributed by atoms with Gasteiger partial charge in [0.25, 0.3) is 5.78 Å². The summed E-state index contributed by atoms with van der Waals surface area (Å²) in [6.07, 6.45) is 3.34. The molecular formula is C8H9N5O. The van der Waals surface area contributed by atoms with Crippen LogP contribution in [0.1, 0.15) is 11.4 Å². The first-order chi connectivity index (χ1) is 6.81. The van der Waals surface area contributed by atoms with Gasteiger partial charge in [-0.15, -0.1) is 5.16 Å². The van der Waals surface area contributed by atoms with Gasteiger partial charge in [-0.1, -0.05) is 0 Å². The molecule has 72 valence electrons. The standard InChI is InChI=1S/C8H9N5O/c1-6-4-7(2-3-11-14)13-8(12-6)9-5-10-13/h3-5,14H,2H2,1H3/b11-3-. The SMILES string of the molecule is Cc1cc(C/C=N\O)n2ncnc2n1. The van der Waals surface area contributed by atoms with Crippen LogP contribution in [0.15, 0.2) is 17.5 Å². The van der Waals surface area contributed by atoms with Crippen LogP contribution in [0.25, 0.3) is 5.78 Å². The van der Waals surface area contributed by atoms with Crippen molar-refractivity contribution in [1.29, 1.82) is 0 Å². The topological polar surface area (TPSA) is 75.7 Å². The first-order valence-corrected chi connectivity index (χ1v) is 4.13. The van der Waals surface area contributed by atoms with E-state index in [1.165, 1.54) is 12.5 Å². The molecule has 0 spiro atoms. The quantitative estimate of drug-likeness (QED) is 0.424. The van der Waals surface area contributed by atoms with Gasteiger partial charge in [-0.3, -0.25) is 0 Å². The fourth-order valence-electron chi connectivity index (χ4n) is 1.29. The molecule has 0 radical (unpaired) electrons. The third-order valence-corrected chi connectivity index (χ3v) is 1.84. The van der Waals surface area contributed by atoms with Crippen molar-refractivity contribution in [3.05, 3.63) is 23.8 Å². The minimum Gasteiger partial charge on any atom is -0.411 e. The third kappa shape index (κ3) is 1.41. The van der Waals surface area contributed by atoms with Gasteiger partial charge >= 0.3 is 0 Å². The van der Waals surface area contributed by atoms with Gasteiger partial charge in [0.2, 0.25) is 0 Å². The van der Waals surface area contributed by atoms with Crippen molar-refractivity contribution in [2.75, 3.05) is 0 Å². The lowest BCUT2D eigenvalue weighted by molar-refractivity contribution is 0.320. The predicted molar refractivity (Wildman–Crippen MR) is 49.5 cm³/mol. The van der Waals surface area contributed by atoms with Crippen LogP contribution in [-0.2, 0) is 6.42 Å². The average Bonchev–Trinajstić information content (AvgIpc) is 2.61. The summed E-state index contributed by atoms with van der Waals surface area (Å²) < 4.78 is 1.62. The molecule has 0 saturated heterocycles. The number of fused-ring (bicyclic) bond motifs is 1. The largest absolute Gasteiger partial charge is 0.411 e. The molecule has 0 aliphatic carbocycles. The maximum atomic E-state index is 8.33. The van der Waals surface area contributed by atoms with Gasteiger partial charge in [0, 0.05) is 18.3 Å². The first-order valence-electron chi connectivity index (χ1n) is 4.13. The molecular weight excluding hydrogens is 182 g/mol. The number of hydrogen-bond acceptors (Lipinski definition) is 5. The third-order valence-electron chi connectivity index (χ3n) is 1.84. The van der Waals surface area contributed by atoms with E-state index in [0.29, 0.717) is 12.2 Å². The number of nitrogens with zero attached hydrogens (tertiary/aromatic N) is 5. The highest BCUT2D eigenvalue weighted by molar-refractivity contribution is 5.60. The highest BCUT2D eigenvalue weighted by atomic mass is 16.4. The van der Waals surface area contributed by atoms with Gasteiger partial charge in [0.05, 0.1) is 5.69 Å². The second-order valence-electron chi connectivity index (χ2n) is 2.86. The van der Waals surface area contributed by atoms with Crippen LogP contribution in [0, 0.1) is 6.92 Å². The summed E-state index contributed by atoms with van der Waals surface area (Å²) in [6.45, 7) is 1.88. The summed E-state index contributed by atoms with van der Waals surface area (Å²) in [5, 5.41) is 15.3. The molecule has 0 bridgehead atoms. The van der Waals surface area contributed by atoms with E-state index in [0.717, 1.165) is 11.4 Å². The van der Waals surface area contributed by atoms with Gasteiger partial charge in [-0.25, -0.2) is 9.50 Å². The number of oxime groups is 1. The Morgan fingerprint density at radius 2 is 2.50 bits per heavy atom. The molecule has 2 heterocycles. The normalized spacial score (nSPS) is 11.5. The lowest BCUT2D eigenvalue weighted by Gasteiger charge is -2.00. The summed E-state index contributed by atoms with van der Waals surface area (Å²) in [4.78, 5) is 8.17. The Morgan fingerprint density at radius 3 is 3.29 bits per heavy atom. The van der Waals surface area contributed by atoms with Gasteiger partial charge in [0.1, 0.15) is 6.33 Å². The van der Waals surface area contributed by atoms with E-state index in [1.54, 1.807) is 4.52 Å². The predicted octanol–water partition coefficient (Wildman–Crippen LogP) is 0.435. The zero-order valence-corrected chi connectivity index (χ0v) is 7.62. The van der Waals surface area contributed by atoms with Crippen molar-refractivity contribution in [2.45, 2.75) is 13.3 Å². The van der Waals surface area contributed by atoms with E-state index >= 15 is 0 Å². The second-order valence-corrected chi connectivity index (χ2v) is 2.86. The van der Waals surface area contributed by atoms with Crippen LogP contribution >= 0.6 is 0 Å². The van der Waals surface area contributed by atoms with Crippen LogP contribution in [0.4, 0.5) is 0 Å². The van der Waals surface area contributed by atoms with Crippen LogP contribution in [-0.4, -0.2) is 31.0 Å². The Bertz CT molecular complexity index is 476. The average molecular weight is 191 g/mol. The lowest BCUT2D eigenvalue weighted by Crippen LogP contribution is -2.02. The molecule has 0 fully saturated rings. The summed E-state index contributed by atoms with van der Waals surface area (Å²) in [5.41, 5.74) is 1.76. The Kier molecular flexibility index (Phi) is 2.10. The lowest BCUT2D eigenvalue weighted by atomic mass is 10.3. The van der Waals surface area contributed by atoms with Crippen LogP contribution in [0.5, 0.6) is 0 Å². The van der Waals surface area contributed by atoms with Crippen molar-refractivity contribution < 1.29 is 5.21 Å². The summed E-state index contributed by atoms with van der Waals surface area (Å²) >= 11 is 0. The molecule has 0 aliphatic heterocycles. The maximum Gasteiger partial charge on any atom is 0.252 e. The molecule has 0 aliphatic rings. The van der Waals surface area contributed by atoms with E-state index in [4.69, 9.17) is 5.21 Å². The summed E-state index contributed by atoms with van der Waals surface area (Å²) in [7, 11) is 0. The second kappa shape index (κ2) is 3.41. The van der Waals surface area contributed by atoms with Crippen LogP contribution < -0.4 is 0 Å². The maximum absolute atomic E-state index is 8.33. The molecule has 14 heavy (non-hydrogen) atoms. The van der Waals surface area contributed by atoms with Gasteiger partial charge < -0.3 is 5.21 Å². The van der Waals surface area contributed by atoms with E-state index in [1.807, 2.05) is 13.0 Å². The van der Waals surface area contributed by atoms with E-state index in [-0.39, 0.29) is 0 Å². The van der Waals surface area contributed by atoms with E-state index in [9.17, 15) is 0 Å². The van der Waals surface area contributed by atoms with Crippen molar-refractivity contribution in [3.63, 3.8) is 0 Å². The Hall–Kier alpha value is -1.98. The minimum absolute atomic E-state index is 0.500. The minimum atomic E-state index is 0.500. The molecule has 0 aromatic carbocycles. The molecule has 2 aromatic heterocycles. The number of hydrogen-bond donors (Lipinski definition) is 1. The Labute approximate surface area is 79.9 Å².